The smallest absolute Gasteiger partial charge is 0.410 e. The summed E-state index contributed by atoms with van der Waals surface area (Å²) in [5.41, 5.74) is -0.352. The second-order valence-corrected chi connectivity index (χ2v) is 8.26. The van der Waals surface area contributed by atoms with E-state index in [1.54, 1.807) is 20.8 Å². The lowest BCUT2D eigenvalue weighted by molar-refractivity contribution is -0.194. The van der Waals surface area contributed by atoms with Crippen LogP contribution in [0.2, 0.25) is 0 Å². The average molecular weight is 753 g/mol. The first-order valence-corrected chi connectivity index (χ1v) is 14.2. The molecule has 0 saturated heterocycles. The normalized spacial score (nSPS) is 11.6. The second kappa shape index (κ2) is 40.9. The zero-order chi connectivity index (χ0) is 41.5. The number of hydrogen-bond acceptors (Lipinski definition) is 13. The van der Waals surface area contributed by atoms with Gasteiger partial charge in [-0.2, -0.15) is 55.1 Å². The molecule has 3 unspecified atom stereocenters. The largest absolute Gasteiger partial charge is 0.466 e. The molecule has 21 heteroatoms. The molecule has 0 bridgehead atoms. The lowest BCUT2D eigenvalue weighted by atomic mass is 9.91. The van der Waals surface area contributed by atoms with Gasteiger partial charge in [0.2, 0.25) is 0 Å². The molecule has 0 aliphatic carbocycles. The van der Waals surface area contributed by atoms with Gasteiger partial charge in [-0.3, -0.25) is 9.59 Å². The fraction of sp³-hybridized carbons (Fsp3) is 0.724. The summed E-state index contributed by atoms with van der Waals surface area (Å²) in [5.74, 6) is -4.49. The molecule has 13 nitrogen and oxygen atoms in total. The van der Waals surface area contributed by atoms with Crippen LogP contribution in [0.1, 0.15) is 81.1 Å². The third-order valence-corrected chi connectivity index (χ3v) is 4.53. The molecule has 1 N–H and O–H groups in total. The molecule has 0 amide bonds. The molecule has 0 fully saturated rings. The van der Waals surface area contributed by atoms with Crippen molar-refractivity contribution in [1.29, 1.82) is 0 Å². The molecular formula is C29H44F8O13. The van der Waals surface area contributed by atoms with Gasteiger partial charge in [0.15, 0.2) is 0 Å². The Hall–Kier alpha value is -4.31. The Bertz CT molecular complexity index is 936. The van der Waals surface area contributed by atoms with Crippen molar-refractivity contribution in [2.75, 3.05) is 19.8 Å². The predicted molar refractivity (Wildman–Crippen MR) is 151 cm³/mol. The summed E-state index contributed by atoms with van der Waals surface area (Å²) in [4.78, 5) is 81.2. The molecule has 0 aromatic carbocycles. The Morgan fingerprint density at radius 2 is 1.08 bits per heavy atom. The summed E-state index contributed by atoms with van der Waals surface area (Å²) in [7, 11) is 0. The minimum Gasteiger partial charge on any atom is -0.466 e. The van der Waals surface area contributed by atoms with Crippen molar-refractivity contribution in [1.82, 2.24) is 0 Å². The van der Waals surface area contributed by atoms with Crippen LogP contribution in [-0.4, -0.2) is 86.2 Å². The van der Waals surface area contributed by atoms with Gasteiger partial charge in [-0.25, -0.2) is 13.6 Å². The summed E-state index contributed by atoms with van der Waals surface area (Å²) in [5, 5.41) is 7.88. The molecule has 0 saturated carbocycles. The number of hydrogen-bond donors (Lipinski definition) is 1. The third-order valence-electron chi connectivity index (χ3n) is 4.53. The van der Waals surface area contributed by atoms with Gasteiger partial charge in [0.25, 0.3) is 6.43 Å². The number of aliphatic hydroxyl groups excluding tert-OH is 1. The zero-order valence-corrected chi connectivity index (χ0v) is 28.7. The Labute approximate surface area is 283 Å². The van der Waals surface area contributed by atoms with E-state index < -0.39 is 48.7 Å². The van der Waals surface area contributed by atoms with Crippen LogP contribution in [0.4, 0.5) is 35.1 Å². The van der Waals surface area contributed by atoms with E-state index >= 15 is 0 Å². The number of alkyl halides is 8. The zero-order valence-electron chi connectivity index (χ0n) is 28.7. The number of halogens is 8. The lowest BCUT2D eigenvalue weighted by Gasteiger charge is -2.23. The van der Waals surface area contributed by atoms with Gasteiger partial charge < -0.3 is 19.3 Å². The van der Waals surface area contributed by atoms with Crippen LogP contribution in [-0.2, 0) is 57.4 Å². The standard InChI is InChI=1S/C9H15F3O2.C8H11F3O2.C6H12O2.C3H6F2O.3CO2/c1-4-7(8(13)14-5-2)6(3)9(10,11)12;1-3-6(5-8(9,10)11)7(12)13-4-2;1-3-5-6(7)8-4-2;1-2(6)3(4)5;3*2-1-3/h6-7H,4-5H2,1-3H3;5H,3-4H2,1-2H3;3-5H2,1-2H3;2-3,6H,1H3;;;/b;6-5-;;;;;. The van der Waals surface area contributed by atoms with Crippen LogP contribution in [0.15, 0.2) is 11.6 Å². The predicted octanol–water partition coefficient (Wildman–Crippen LogP) is 5.45. The summed E-state index contributed by atoms with van der Waals surface area (Å²) in [6.07, 6.45) is -10.6. The van der Waals surface area contributed by atoms with E-state index in [0.717, 1.165) is 20.3 Å². The van der Waals surface area contributed by atoms with Crippen LogP contribution in [0, 0.1) is 11.8 Å². The van der Waals surface area contributed by atoms with E-state index in [9.17, 15) is 49.5 Å². The van der Waals surface area contributed by atoms with Crippen molar-refractivity contribution in [3.05, 3.63) is 11.6 Å². The Morgan fingerprint density at radius 3 is 1.30 bits per heavy atom. The molecule has 0 heterocycles. The topological polar surface area (TPSA) is 202 Å². The van der Waals surface area contributed by atoms with E-state index in [1.807, 2.05) is 13.8 Å². The maximum absolute atomic E-state index is 12.3. The molecule has 50 heavy (non-hydrogen) atoms. The van der Waals surface area contributed by atoms with Gasteiger partial charge in [-0.1, -0.05) is 27.7 Å². The first kappa shape index (κ1) is 61.0. The first-order valence-electron chi connectivity index (χ1n) is 14.2. The highest BCUT2D eigenvalue weighted by molar-refractivity contribution is 5.88. The number of carbonyl (C=O) groups is 3. The number of allylic oxidation sites excluding steroid dienone is 1. The van der Waals surface area contributed by atoms with Gasteiger partial charge in [0.05, 0.1) is 31.7 Å². The van der Waals surface area contributed by atoms with Crippen LogP contribution in [0.25, 0.3) is 0 Å². The molecule has 294 valence electrons. The second-order valence-electron chi connectivity index (χ2n) is 8.26. The maximum Gasteiger partial charge on any atom is 0.410 e. The Morgan fingerprint density at radius 1 is 0.720 bits per heavy atom. The van der Waals surface area contributed by atoms with Crippen LogP contribution in [0.3, 0.4) is 0 Å². The van der Waals surface area contributed by atoms with E-state index in [0.29, 0.717) is 13.0 Å². The van der Waals surface area contributed by atoms with E-state index in [4.69, 9.17) is 33.9 Å². The monoisotopic (exact) mass is 752 g/mol. The van der Waals surface area contributed by atoms with Crippen molar-refractivity contribution in [2.24, 2.45) is 11.8 Å². The fourth-order valence-electron chi connectivity index (χ4n) is 2.37. The maximum atomic E-state index is 12.3. The van der Waals surface area contributed by atoms with Crippen LogP contribution >= 0.6 is 0 Å². The summed E-state index contributed by atoms with van der Waals surface area (Å²) in [6.45, 7) is 12.6. The summed E-state index contributed by atoms with van der Waals surface area (Å²) >= 11 is 0. The highest BCUT2D eigenvalue weighted by atomic mass is 19.4. The van der Waals surface area contributed by atoms with E-state index in [1.165, 1.54) is 6.92 Å². The number of rotatable bonds is 11. The van der Waals surface area contributed by atoms with Gasteiger partial charge in [-0.15, -0.1) is 0 Å². The van der Waals surface area contributed by atoms with E-state index in [2.05, 4.69) is 14.2 Å². The summed E-state index contributed by atoms with van der Waals surface area (Å²) < 4.78 is 108. The molecule has 3 atom stereocenters. The van der Waals surface area contributed by atoms with Gasteiger partial charge in [-0.05, 0) is 47.0 Å². The highest BCUT2D eigenvalue weighted by Gasteiger charge is 2.43. The molecule has 0 aliphatic rings. The number of esters is 3. The number of carbonyl (C=O) groups excluding carboxylic acids is 9. The van der Waals surface area contributed by atoms with Crippen LogP contribution in [0.5, 0.6) is 0 Å². The van der Waals surface area contributed by atoms with Crippen molar-refractivity contribution in [3.63, 3.8) is 0 Å². The van der Waals surface area contributed by atoms with Gasteiger partial charge in [0.1, 0.15) is 6.10 Å². The molecular weight excluding hydrogens is 708 g/mol. The minimum atomic E-state index is -4.46. The number of ether oxygens (including phenoxy) is 3. The lowest BCUT2D eigenvalue weighted by Crippen LogP contribution is -2.33. The SMILES string of the molecule is CC(O)C(F)F.CCCC(=O)OCC.CCOC(=O)/C(=C\C(F)(F)F)CC.CCOC(=O)C(CC)C(C)C(F)(F)F.O=C=O.O=C=O.O=C=O. The minimum absolute atomic E-state index is 0.0122. The first-order chi connectivity index (χ1) is 22.9. The van der Waals surface area contributed by atoms with Crippen molar-refractivity contribution in [2.45, 2.75) is 106 Å². The Balaban J connectivity index is -0.0000000940. The molecule has 0 spiro atoms. The third kappa shape index (κ3) is 53.2. The van der Waals surface area contributed by atoms with Crippen LogP contribution < -0.4 is 0 Å². The molecule has 0 radical (unpaired) electrons. The van der Waals surface area contributed by atoms with Gasteiger partial charge >= 0.3 is 48.7 Å². The molecule has 0 aliphatic heterocycles. The fourth-order valence-corrected chi connectivity index (χ4v) is 2.37. The van der Waals surface area contributed by atoms with Crippen molar-refractivity contribution >= 4 is 36.4 Å². The molecule has 0 aromatic heterocycles. The Kier molecular flexibility index (Phi) is 49.8. The van der Waals surface area contributed by atoms with Crippen molar-refractivity contribution in [3.8, 4) is 0 Å². The quantitative estimate of drug-likeness (QED) is 0.121. The summed E-state index contributed by atoms with van der Waals surface area (Å²) in [6, 6.07) is 0. The highest BCUT2D eigenvalue weighted by Crippen LogP contribution is 2.33. The van der Waals surface area contributed by atoms with Gasteiger partial charge in [0, 0.05) is 18.1 Å². The van der Waals surface area contributed by atoms with E-state index in [-0.39, 0.29) is 62.1 Å². The molecule has 0 aromatic rings. The molecule has 0 rings (SSSR count). The van der Waals surface area contributed by atoms with Crippen molar-refractivity contribution < 1.29 is 97.6 Å². The average Bonchev–Trinajstić information content (AvgIpc) is 2.98. The number of aliphatic hydroxyl groups is 1.